The third-order valence-corrected chi connectivity index (χ3v) is 2.39. The predicted octanol–water partition coefficient (Wildman–Crippen LogP) is 0.236. The molecule has 0 aromatic carbocycles. The first-order valence-electron chi connectivity index (χ1n) is 5.11. The van der Waals surface area contributed by atoms with Gasteiger partial charge in [0, 0.05) is 32.6 Å². The van der Waals surface area contributed by atoms with Crippen LogP contribution in [0.3, 0.4) is 0 Å². The summed E-state index contributed by atoms with van der Waals surface area (Å²) in [5.41, 5.74) is 4.83. The van der Waals surface area contributed by atoms with Gasteiger partial charge in [-0.3, -0.25) is 4.99 Å². The summed E-state index contributed by atoms with van der Waals surface area (Å²) in [6.45, 7) is 5.64. The number of aliphatic imine (C=N–C) groups is 1. The van der Waals surface area contributed by atoms with E-state index in [1.165, 1.54) is 0 Å². The number of hydrogen-bond donors (Lipinski definition) is 3. The van der Waals surface area contributed by atoms with Crippen molar-refractivity contribution in [3.8, 4) is 0 Å². The molecule has 0 bridgehead atoms. The lowest BCUT2D eigenvalue weighted by molar-refractivity contribution is -0.0565. The lowest BCUT2D eigenvalue weighted by atomic mass is 9.95. The highest BCUT2D eigenvalue weighted by molar-refractivity contribution is 14.0. The predicted molar refractivity (Wildman–Crippen MR) is 75.1 cm³/mol. The highest BCUT2D eigenvalue weighted by Gasteiger charge is 2.29. The van der Waals surface area contributed by atoms with E-state index in [1.54, 1.807) is 6.08 Å². The summed E-state index contributed by atoms with van der Waals surface area (Å²) in [6.07, 6.45) is 2.93. The van der Waals surface area contributed by atoms with Gasteiger partial charge in [-0.1, -0.05) is 6.08 Å². The number of hydrogen-bond acceptors (Lipinski definition) is 3. The lowest BCUT2D eigenvalue weighted by Crippen LogP contribution is -2.41. The topological polar surface area (TPSA) is 79.9 Å². The van der Waals surface area contributed by atoms with Crippen molar-refractivity contribution >= 4 is 29.9 Å². The summed E-state index contributed by atoms with van der Waals surface area (Å²) < 4.78 is 5.17. The van der Waals surface area contributed by atoms with Crippen LogP contribution in [0.4, 0.5) is 0 Å². The normalized spacial score (nSPS) is 19.7. The van der Waals surface area contributed by atoms with Gasteiger partial charge in [0.2, 0.25) is 0 Å². The van der Waals surface area contributed by atoms with Crippen molar-refractivity contribution in [1.29, 1.82) is 0 Å². The number of nitrogens with two attached hydrogens (primary N) is 1. The molecular weight excluding hydrogens is 321 g/mol. The van der Waals surface area contributed by atoms with Gasteiger partial charge in [0.15, 0.2) is 5.96 Å². The smallest absolute Gasteiger partial charge is 0.188 e. The molecule has 4 N–H and O–H groups in total. The summed E-state index contributed by atoms with van der Waals surface area (Å²) >= 11 is 0. The first-order chi connectivity index (χ1) is 7.16. The van der Waals surface area contributed by atoms with Gasteiger partial charge in [0.25, 0.3) is 0 Å². The molecule has 1 aliphatic heterocycles. The highest BCUT2D eigenvalue weighted by atomic mass is 127. The molecule has 0 aromatic rings. The maximum Gasteiger partial charge on any atom is 0.188 e. The van der Waals surface area contributed by atoms with Crippen LogP contribution < -0.4 is 11.1 Å². The zero-order valence-electron chi connectivity index (χ0n) is 9.32. The Morgan fingerprint density at radius 2 is 2.19 bits per heavy atom. The lowest BCUT2D eigenvalue weighted by Gasteiger charge is -2.30. The Hall–Kier alpha value is -0.340. The molecule has 0 atom stereocenters. The number of halogens is 1. The Morgan fingerprint density at radius 1 is 1.56 bits per heavy atom. The van der Waals surface area contributed by atoms with Gasteiger partial charge in [-0.2, -0.15) is 0 Å². The third kappa shape index (κ3) is 5.66. The number of guanidine groups is 1. The van der Waals surface area contributed by atoms with Crippen LogP contribution in [0.15, 0.2) is 17.6 Å². The Kier molecular flexibility index (Phi) is 7.69. The van der Waals surface area contributed by atoms with Gasteiger partial charge < -0.3 is 20.9 Å². The van der Waals surface area contributed by atoms with Crippen LogP contribution >= 0.6 is 24.0 Å². The van der Waals surface area contributed by atoms with Gasteiger partial charge >= 0.3 is 0 Å². The van der Waals surface area contributed by atoms with Crippen molar-refractivity contribution in [2.24, 2.45) is 10.7 Å². The minimum Gasteiger partial charge on any atom is -0.388 e. The van der Waals surface area contributed by atoms with Crippen molar-refractivity contribution < 1.29 is 9.84 Å². The molecule has 1 saturated heterocycles. The Labute approximate surface area is 113 Å². The van der Waals surface area contributed by atoms with Crippen LogP contribution in [0, 0.1) is 0 Å². The van der Waals surface area contributed by atoms with Crippen LogP contribution in [-0.2, 0) is 4.74 Å². The summed E-state index contributed by atoms with van der Waals surface area (Å²) in [5.74, 6) is 0.342. The van der Waals surface area contributed by atoms with Crippen LogP contribution in [0.1, 0.15) is 12.8 Å². The van der Waals surface area contributed by atoms with Gasteiger partial charge in [0.1, 0.15) is 0 Å². The number of ether oxygens (including phenoxy) is 1. The van der Waals surface area contributed by atoms with Crippen molar-refractivity contribution in [1.82, 2.24) is 5.32 Å². The van der Waals surface area contributed by atoms with E-state index in [9.17, 15) is 5.11 Å². The van der Waals surface area contributed by atoms with Crippen molar-refractivity contribution in [3.05, 3.63) is 12.7 Å². The molecule has 1 rings (SSSR count). The molecule has 1 aliphatic rings. The quantitative estimate of drug-likeness (QED) is 0.296. The maximum absolute atomic E-state index is 10.1. The molecule has 0 amide bonds. The molecule has 0 radical (unpaired) electrons. The largest absolute Gasteiger partial charge is 0.388 e. The van der Waals surface area contributed by atoms with E-state index in [0.717, 1.165) is 0 Å². The van der Waals surface area contributed by atoms with E-state index in [4.69, 9.17) is 10.5 Å². The summed E-state index contributed by atoms with van der Waals surface area (Å²) in [5, 5.41) is 12.9. The third-order valence-electron chi connectivity index (χ3n) is 2.39. The fraction of sp³-hybridized carbons (Fsp3) is 0.700. The highest BCUT2D eigenvalue weighted by Crippen LogP contribution is 2.20. The number of rotatable bonds is 4. The van der Waals surface area contributed by atoms with Crippen molar-refractivity contribution in [2.75, 3.05) is 26.3 Å². The fourth-order valence-corrected chi connectivity index (χ4v) is 1.37. The van der Waals surface area contributed by atoms with E-state index in [0.29, 0.717) is 45.1 Å². The minimum atomic E-state index is -0.751. The van der Waals surface area contributed by atoms with Crippen LogP contribution in [-0.4, -0.2) is 43.0 Å². The molecule has 0 aliphatic carbocycles. The van der Waals surface area contributed by atoms with E-state index in [-0.39, 0.29) is 24.0 Å². The molecule has 0 spiro atoms. The summed E-state index contributed by atoms with van der Waals surface area (Å²) in [7, 11) is 0. The zero-order valence-corrected chi connectivity index (χ0v) is 11.6. The second-order valence-electron chi connectivity index (χ2n) is 3.71. The molecule has 1 fully saturated rings. The van der Waals surface area contributed by atoms with Gasteiger partial charge in [-0.15, -0.1) is 30.6 Å². The molecule has 1 heterocycles. The average Bonchev–Trinajstić information content (AvgIpc) is 2.25. The second kappa shape index (κ2) is 7.86. The molecular formula is C10H20IN3O2. The standard InChI is InChI=1S/C10H19N3O2.HI/c1-2-5-12-9(11)13-8-10(14)3-6-15-7-4-10;/h2,14H,1,3-8H2,(H3,11,12,13);1H. The van der Waals surface area contributed by atoms with Crippen LogP contribution in [0.5, 0.6) is 0 Å². The molecule has 16 heavy (non-hydrogen) atoms. The monoisotopic (exact) mass is 341 g/mol. The Morgan fingerprint density at radius 3 is 2.75 bits per heavy atom. The van der Waals surface area contributed by atoms with Gasteiger partial charge in [-0.25, -0.2) is 0 Å². The molecule has 0 unspecified atom stereocenters. The molecule has 6 heteroatoms. The number of nitrogens with one attached hydrogen (secondary N) is 1. The number of aliphatic hydroxyl groups is 1. The zero-order chi connectivity index (χ0) is 11.1. The van der Waals surface area contributed by atoms with E-state index in [2.05, 4.69) is 16.9 Å². The van der Waals surface area contributed by atoms with E-state index < -0.39 is 5.60 Å². The van der Waals surface area contributed by atoms with Crippen molar-refractivity contribution in [2.45, 2.75) is 18.4 Å². The first kappa shape index (κ1) is 15.7. The summed E-state index contributed by atoms with van der Waals surface area (Å²) in [4.78, 5) is 4.09. The van der Waals surface area contributed by atoms with Gasteiger partial charge in [0.05, 0.1) is 12.1 Å². The van der Waals surface area contributed by atoms with E-state index in [1.807, 2.05) is 0 Å². The second-order valence-corrected chi connectivity index (χ2v) is 3.71. The summed E-state index contributed by atoms with van der Waals surface area (Å²) in [6, 6.07) is 0. The van der Waals surface area contributed by atoms with Crippen LogP contribution in [0.2, 0.25) is 0 Å². The molecule has 5 nitrogen and oxygen atoms in total. The molecule has 94 valence electrons. The Balaban J connectivity index is 0.00000225. The van der Waals surface area contributed by atoms with Gasteiger partial charge in [-0.05, 0) is 0 Å². The first-order valence-corrected chi connectivity index (χ1v) is 5.11. The van der Waals surface area contributed by atoms with Crippen molar-refractivity contribution in [3.63, 3.8) is 0 Å². The fourth-order valence-electron chi connectivity index (χ4n) is 1.37. The minimum absolute atomic E-state index is 0. The SMILES string of the molecule is C=CCNC(N)=NCC1(O)CCOCC1.I. The van der Waals surface area contributed by atoms with E-state index >= 15 is 0 Å². The average molecular weight is 341 g/mol. The Bertz CT molecular complexity index is 240. The maximum atomic E-state index is 10.1. The number of nitrogens with zero attached hydrogens (tertiary/aromatic N) is 1. The molecule has 0 saturated carbocycles. The molecule has 0 aromatic heterocycles. The van der Waals surface area contributed by atoms with Crippen LogP contribution in [0.25, 0.3) is 0 Å².